The number of nitrogens with one attached hydrogen (secondary N) is 1. The molecular weight excluding hydrogens is 270 g/mol. The second-order valence-corrected chi connectivity index (χ2v) is 5.18. The molecule has 0 atom stereocenters. The zero-order chi connectivity index (χ0) is 14.1. The number of halogens is 1. The van der Waals surface area contributed by atoms with E-state index in [0.29, 0.717) is 10.8 Å². The summed E-state index contributed by atoms with van der Waals surface area (Å²) in [5, 5.41) is 7.83. The maximum atomic E-state index is 6.06. The monoisotopic (exact) mass is 283 g/mol. The molecule has 3 aromatic rings. The fraction of sp³-hybridized carbons (Fsp3) is 0.0625. The number of nitrogens with zero attached hydrogens (tertiary/aromatic N) is 1. The minimum Gasteiger partial charge on any atom is -0.382 e. The average molecular weight is 284 g/mol. The van der Waals surface area contributed by atoms with Gasteiger partial charge in [-0.05, 0) is 24.6 Å². The Morgan fingerprint density at radius 1 is 1.05 bits per heavy atom. The van der Waals surface area contributed by atoms with Gasteiger partial charge in [0.15, 0.2) is 5.82 Å². The normalized spacial score (nSPS) is 10.7. The Bertz CT molecular complexity index is 762. The quantitative estimate of drug-likeness (QED) is 0.737. The number of hydrogen-bond donors (Lipinski definition) is 2. The van der Waals surface area contributed by atoms with E-state index < -0.39 is 0 Å². The van der Waals surface area contributed by atoms with Crippen LogP contribution in [0.2, 0.25) is 5.02 Å². The summed E-state index contributed by atoms with van der Waals surface area (Å²) in [4.78, 5) is 0. The molecule has 0 aliphatic heterocycles. The van der Waals surface area contributed by atoms with Crippen LogP contribution in [0.1, 0.15) is 5.56 Å². The van der Waals surface area contributed by atoms with Gasteiger partial charge in [0.25, 0.3) is 0 Å². The fourth-order valence-electron chi connectivity index (χ4n) is 2.30. The number of aromatic nitrogens is 2. The van der Waals surface area contributed by atoms with E-state index in [2.05, 4.69) is 29.3 Å². The summed E-state index contributed by atoms with van der Waals surface area (Å²) in [6, 6.07) is 15.8. The number of rotatable bonds is 2. The van der Waals surface area contributed by atoms with E-state index in [0.717, 1.165) is 22.4 Å². The standard InChI is InChI=1S/C16H14ClN3/c1-10-4-2-5-11(8-10)14-15(19-20-16(14)18)12-6-3-7-13(17)9-12/h2-9H,1H3,(H3,18,19,20). The summed E-state index contributed by atoms with van der Waals surface area (Å²) in [5.74, 6) is 0.491. The van der Waals surface area contributed by atoms with Crippen molar-refractivity contribution in [2.45, 2.75) is 6.92 Å². The summed E-state index contributed by atoms with van der Waals surface area (Å²) in [6.45, 7) is 2.05. The number of hydrogen-bond acceptors (Lipinski definition) is 2. The smallest absolute Gasteiger partial charge is 0.153 e. The van der Waals surface area contributed by atoms with Crippen molar-refractivity contribution in [3.05, 3.63) is 59.1 Å². The molecule has 4 heteroatoms. The Labute approximate surface area is 122 Å². The fourth-order valence-corrected chi connectivity index (χ4v) is 2.49. The average Bonchev–Trinajstić information content (AvgIpc) is 2.80. The van der Waals surface area contributed by atoms with Crippen LogP contribution in [0.3, 0.4) is 0 Å². The van der Waals surface area contributed by atoms with E-state index in [4.69, 9.17) is 17.3 Å². The van der Waals surface area contributed by atoms with Gasteiger partial charge in [0.2, 0.25) is 0 Å². The Kier molecular flexibility index (Phi) is 3.20. The largest absolute Gasteiger partial charge is 0.382 e. The molecule has 20 heavy (non-hydrogen) atoms. The summed E-state index contributed by atoms with van der Waals surface area (Å²) < 4.78 is 0. The molecule has 1 heterocycles. The molecule has 3 N–H and O–H groups in total. The van der Waals surface area contributed by atoms with E-state index in [1.165, 1.54) is 5.56 Å². The Hall–Kier alpha value is -2.26. The first-order valence-corrected chi connectivity index (χ1v) is 6.70. The third kappa shape index (κ3) is 2.28. The number of benzene rings is 2. The van der Waals surface area contributed by atoms with Crippen LogP contribution >= 0.6 is 11.6 Å². The lowest BCUT2D eigenvalue weighted by Crippen LogP contribution is -1.89. The molecule has 0 fully saturated rings. The van der Waals surface area contributed by atoms with Crippen molar-refractivity contribution in [3.8, 4) is 22.4 Å². The molecule has 0 radical (unpaired) electrons. The minimum atomic E-state index is 0.491. The molecule has 0 aliphatic rings. The molecule has 1 aromatic heterocycles. The highest BCUT2D eigenvalue weighted by Gasteiger charge is 2.14. The van der Waals surface area contributed by atoms with Crippen molar-refractivity contribution in [2.24, 2.45) is 0 Å². The molecule has 0 saturated carbocycles. The van der Waals surface area contributed by atoms with Gasteiger partial charge in [0.05, 0.1) is 11.3 Å². The number of H-pyrrole nitrogens is 1. The van der Waals surface area contributed by atoms with E-state index in [1.54, 1.807) is 0 Å². The van der Waals surface area contributed by atoms with Crippen LogP contribution in [-0.4, -0.2) is 10.2 Å². The molecule has 0 aliphatic carbocycles. The van der Waals surface area contributed by atoms with Crippen molar-refractivity contribution in [2.75, 3.05) is 5.73 Å². The van der Waals surface area contributed by atoms with Crippen LogP contribution in [0.15, 0.2) is 48.5 Å². The molecule has 0 amide bonds. The van der Waals surface area contributed by atoms with Crippen LogP contribution < -0.4 is 5.73 Å². The number of nitrogen functional groups attached to an aromatic ring is 1. The highest BCUT2D eigenvalue weighted by molar-refractivity contribution is 6.30. The van der Waals surface area contributed by atoms with E-state index in [1.807, 2.05) is 36.4 Å². The lowest BCUT2D eigenvalue weighted by Gasteiger charge is -2.06. The zero-order valence-electron chi connectivity index (χ0n) is 11.0. The van der Waals surface area contributed by atoms with Crippen molar-refractivity contribution in [3.63, 3.8) is 0 Å². The maximum absolute atomic E-state index is 6.06. The van der Waals surface area contributed by atoms with Gasteiger partial charge in [-0.25, -0.2) is 0 Å². The number of anilines is 1. The van der Waals surface area contributed by atoms with Gasteiger partial charge >= 0.3 is 0 Å². The molecule has 0 unspecified atom stereocenters. The Morgan fingerprint density at radius 2 is 1.80 bits per heavy atom. The highest BCUT2D eigenvalue weighted by atomic mass is 35.5. The molecule has 100 valence electrons. The third-order valence-electron chi connectivity index (χ3n) is 3.21. The van der Waals surface area contributed by atoms with E-state index in [9.17, 15) is 0 Å². The highest BCUT2D eigenvalue weighted by Crippen LogP contribution is 2.35. The molecule has 3 rings (SSSR count). The first-order valence-electron chi connectivity index (χ1n) is 6.32. The molecule has 0 saturated heterocycles. The van der Waals surface area contributed by atoms with Crippen molar-refractivity contribution >= 4 is 17.4 Å². The van der Waals surface area contributed by atoms with Crippen LogP contribution in [0.4, 0.5) is 5.82 Å². The van der Waals surface area contributed by atoms with Crippen LogP contribution in [0.25, 0.3) is 22.4 Å². The molecule has 2 aromatic carbocycles. The molecule has 0 spiro atoms. The van der Waals surface area contributed by atoms with Gasteiger partial charge in [0, 0.05) is 10.6 Å². The first kappa shape index (κ1) is 12.8. The van der Waals surface area contributed by atoms with Gasteiger partial charge in [-0.1, -0.05) is 53.6 Å². The van der Waals surface area contributed by atoms with E-state index in [-0.39, 0.29) is 0 Å². The predicted octanol–water partition coefficient (Wildman–Crippen LogP) is 4.29. The first-order chi connectivity index (χ1) is 9.65. The summed E-state index contributed by atoms with van der Waals surface area (Å²) in [7, 11) is 0. The topological polar surface area (TPSA) is 54.7 Å². The lowest BCUT2D eigenvalue weighted by molar-refractivity contribution is 1.10. The maximum Gasteiger partial charge on any atom is 0.153 e. The number of aromatic amines is 1. The molecule has 0 bridgehead atoms. The molecular formula is C16H14ClN3. The summed E-state index contributed by atoms with van der Waals surface area (Å²) >= 11 is 6.06. The Balaban J connectivity index is 2.20. The van der Waals surface area contributed by atoms with Crippen LogP contribution in [0, 0.1) is 6.92 Å². The van der Waals surface area contributed by atoms with Crippen LogP contribution in [0.5, 0.6) is 0 Å². The van der Waals surface area contributed by atoms with Crippen molar-refractivity contribution in [1.29, 1.82) is 0 Å². The van der Waals surface area contributed by atoms with Gasteiger partial charge in [-0.3, -0.25) is 5.10 Å². The SMILES string of the molecule is Cc1cccc(-c2c(N)n[nH]c2-c2cccc(Cl)c2)c1. The second-order valence-electron chi connectivity index (χ2n) is 4.74. The second kappa shape index (κ2) is 5.02. The van der Waals surface area contributed by atoms with Crippen LogP contribution in [-0.2, 0) is 0 Å². The van der Waals surface area contributed by atoms with Gasteiger partial charge in [-0.15, -0.1) is 0 Å². The molecule has 3 nitrogen and oxygen atoms in total. The third-order valence-corrected chi connectivity index (χ3v) is 3.45. The van der Waals surface area contributed by atoms with Gasteiger partial charge < -0.3 is 5.73 Å². The number of nitrogens with two attached hydrogens (primary N) is 1. The van der Waals surface area contributed by atoms with Gasteiger partial charge in [0.1, 0.15) is 0 Å². The van der Waals surface area contributed by atoms with Crippen molar-refractivity contribution in [1.82, 2.24) is 10.2 Å². The number of aryl methyl sites for hydroxylation is 1. The zero-order valence-corrected chi connectivity index (χ0v) is 11.8. The van der Waals surface area contributed by atoms with Gasteiger partial charge in [-0.2, -0.15) is 5.10 Å². The lowest BCUT2D eigenvalue weighted by atomic mass is 9.99. The minimum absolute atomic E-state index is 0.491. The summed E-state index contributed by atoms with van der Waals surface area (Å²) in [6.07, 6.45) is 0. The summed E-state index contributed by atoms with van der Waals surface area (Å²) in [5.41, 5.74) is 11.0. The Morgan fingerprint density at radius 3 is 2.55 bits per heavy atom. The van der Waals surface area contributed by atoms with Crippen molar-refractivity contribution < 1.29 is 0 Å². The van der Waals surface area contributed by atoms with E-state index >= 15 is 0 Å². The predicted molar refractivity (Wildman–Crippen MR) is 83.6 cm³/mol.